The predicted octanol–water partition coefficient (Wildman–Crippen LogP) is -0.698. The molecule has 0 bridgehead atoms. The Bertz CT molecular complexity index is 355. The number of aliphatic hydroxyl groups is 4. The zero-order chi connectivity index (χ0) is 14.2. The molecule has 0 aromatic heterocycles. The van der Waals surface area contributed by atoms with Gasteiger partial charge in [0.15, 0.2) is 6.29 Å². The first-order chi connectivity index (χ1) is 9.01. The van der Waals surface area contributed by atoms with Gasteiger partial charge in [0, 0.05) is 12.7 Å². The van der Waals surface area contributed by atoms with Gasteiger partial charge in [-0.25, -0.2) is 0 Å². The maximum Gasteiger partial charge on any atom is 0.182 e. The average Bonchev–Trinajstić information content (AvgIpc) is 2.42. The largest absolute Gasteiger partial charge is 0.387 e. The summed E-state index contributed by atoms with van der Waals surface area (Å²) in [6.45, 7) is 2.03. The molecule has 2 rings (SSSR count). The van der Waals surface area contributed by atoms with Gasteiger partial charge in [0.25, 0.3) is 0 Å². The number of aliphatic hydroxyl groups excluding tert-OH is 4. The number of hydrogen-bond acceptors (Lipinski definition) is 6. The lowest BCUT2D eigenvalue weighted by molar-refractivity contribution is -0.176. The maximum atomic E-state index is 10.1. The fourth-order valence-electron chi connectivity index (χ4n) is 2.87. The van der Waals surface area contributed by atoms with E-state index in [1.807, 2.05) is 6.92 Å². The van der Waals surface area contributed by atoms with Gasteiger partial charge in [-0.15, -0.1) is 0 Å². The molecule has 0 saturated carbocycles. The normalized spacial score (nSPS) is 43.3. The highest BCUT2D eigenvalue weighted by Gasteiger charge is 2.47. The molecule has 1 aliphatic heterocycles. The van der Waals surface area contributed by atoms with Gasteiger partial charge in [0.1, 0.15) is 24.4 Å². The van der Waals surface area contributed by atoms with Crippen LogP contribution in [0.1, 0.15) is 26.2 Å². The van der Waals surface area contributed by atoms with Gasteiger partial charge in [-0.05, 0) is 18.4 Å². The summed E-state index contributed by atoms with van der Waals surface area (Å²) < 4.78 is 10.9. The summed E-state index contributed by atoms with van der Waals surface area (Å²) in [7, 11) is 1.44. The highest BCUT2D eigenvalue weighted by Crippen LogP contribution is 2.38. The summed E-state index contributed by atoms with van der Waals surface area (Å²) in [6.07, 6.45) is -4.01. The zero-order valence-corrected chi connectivity index (χ0v) is 11.2. The fourth-order valence-corrected chi connectivity index (χ4v) is 2.87. The molecule has 1 aliphatic carbocycles. The van der Waals surface area contributed by atoms with E-state index < -0.39 is 30.7 Å². The summed E-state index contributed by atoms with van der Waals surface area (Å²) in [6, 6.07) is 0. The van der Waals surface area contributed by atoms with Gasteiger partial charge in [0.05, 0.1) is 6.10 Å². The van der Waals surface area contributed by atoms with Crippen LogP contribution in [0.4, 0.5) is 0 Å². The molecule has 6 nitrogen and oxygen atoms in total. The highest BCUT2D eigenvalue weighted by molar-refractivity contribution is 5.33. The van der Waals surface area contributed by atoms with Crippen molar-refractivity contribution in [3.8, 4) is 0 Å². The van der Waals surface area contributed by atoms with E-state index in [0.29, 0.717) is 17.6 Å². The molecule has 0 unspecified atom stereocenters. The lowest BCUT2D eigenvalue weighted by Gasteiger charge is -2.43. The van der Waals surface area contributed by atoms with Gasteiger partial charge in [0.2, 0.25) is 0 Å². The van der Waals surface area contributed by atoms with Crippen LogP contribution in [-0.4, -0.2) is 64.3 Å². The average molecular weight is 274 g/mol. The molecule has 0 fully saturated rings. The van der Waals surface area contributed by atoms with Crippen LogP contribution in [0.3, 0.4) is 0 Å². The lowest BCUT2D eigenvalue weighted by atomic mass is 9.79. The molecule has 0 amide bonds. The minimum Gasteiger partial charge on any atom is -0.387 e. The van der Waals surface area contributed by atoms with E-state index in [1.54, 1.807) is 0 Å². The Labute approximate surface area is 112 Å². The molecular weight excluding hydrogens is 252 g/mol. The third-order valence-electron chi connectivity index (χ3n) is 3.89. The molecule has 4 N–H and O–H groups in total. The van der Waals surface area contributed by atoms with Gasteiger partial charge in [-0.1, -0.05) is 13.3 Å². The Balaban J connectivity index is 2.34. The molecule has 0 aromatic rings. The minimum absolute atomic E-state index is 0.113. The van der Waals surface area contributed by atoms with Crippen LogP contribution in [0.15, 0.2) is 11.1 Å². The second-order valence-corrected chi connectivity index (χ2v) is 5.17. The number of ether oxygens (including phenoxy) is 2. The van der Waals surface area contributed by atoms with Crippen LogP contribution in [0, 0.1) is 0 Å². The van der Waals surface area contributed by atoms with Gasteiger partial charge in [-0.2, -0.15) is 0 Å². The van der Waals surface area contributed by atoms with Crippen LogP contribution in [0.25, 0.3) is 0 Å². The Morgan fingerprint density at radius 2 is 1.79 bits per heavy atom. The molecule has 19 heavy (non-hydrogen) atoms. The molecule has 1 heterocycles. The first kappa shape index (κ1) is 14.9. The number of hydrogen-bond donors (Lipinski definition) is 4. The van der Waals surface area contributed by atoms with Crippen molar-refractivity contribution in [2.45, 2.75) is 63.0 Å². The van der Waals surface area contributed by atoms with Crippen molar-refractivity contribution in [1.29, 1.82) is 0 Å². The summed E-state index contributed by atoms with van der Waals surface area (Å²) in [4.78, 5) is 0. The Morgan fingerprint density at radius 1 is 1.16 bits per heavy atom. The monoisotopic (exact) mass is 274 g/mol. The van der Waals surface area contributed by atoms with E-state index in [1.165, 1.54) is 7.11 Å². The summed E-state index contributed by atoms with van der Waals surface area (Å²) in [5.41, 5.74) is 0.877. The van der Waals surface area contributed by atoms with E-state index in [2.05, 4.69) is 0 Å². The second-order valence-electron chi connectivity index (χ2n) is 5.17. The predicted molar refractivity (Wildman–Crippen MR) is 66.2 cm³/mol. The van der Waals surface area contributed by atoms with E-state index in [0.717, 1.165) is 12.8 Å². The fraction of sp³-hybridized carbons (Fsp3) is 0.846. The summed E-state index contributed by atoms with van der Waals surface area (Å²) in [5, 5.41) is 39.6. The minimum atomic E-state index is -1.43. The smallest absolute Gasteiger partial charge is 0.182 e. The van der Waals surface area contributed by atoms with Crippen molar-refractivity contribution >= 4 is 0 Å². The lowest BCUT2D eigenvalue weighted by Crippen LogP contribution is -2.55. The van der Waals surface area contributed by atoms with Crippen LogP contribution in [0.5, 0.6) is 0 Å². The highest BCUT2D eigenvalue weighted by atomic mass is 16.7. The Kier molecular flexibility index (Phi) is 4.60. The third kappa shape index (κ3) is 2.56. The molecule has 6 atom stereocenters. The van der Waals surface area contributed by atoms with Crippen LogP contribution in [0.2, 0.25) is 0 Å². The number of methoxy groups -OCH3 is 1. The molecule has 110 valence electrons. The summed E-state index contributed by atoms with van der Waals surface area (Å²) in [5.74, 6) is 0. The van der Waals surface area contributed by atoms with E-state index in [9.17, 15) is 20.4 Å². The first-order valence-electron chi connectivity index (χ1n) is 6.64. The topological polar surface area (TPSA) is 99.4 Å². The van der Waals surface area contributed by atoms with Crippen molar-refractivity contribution in [3.63, 3.8) is 0 Å². The molecule has 2 aliphatic rings. The van der Waals surface area contributed by atoms with Gasteiger partial charge in [-0.3, -0.25) is 0 Å². The van der Waals surface area contributed by atoms with Crippen molar-refractivity contribution < 1.29 is 29.9 Å². The van der Waals surface area contributed by atoms with Crippen molar-refractivity contribution in [1.82, 2.24) is 0 Å². The zero-order valence-electron chi connectivity index (χ0n) is 11.2. The molecular formula is C13H22O6. The Morgan fingerprint density at radius 3 is 2.37 bits per heavy atom. The second kappa shape index (κ2) is 5.87. The SMILES string of the molecule is CCC[C@@H]1CC2=C([C@H](OC)O1)[C@H](O)[C@H](O)[C@H](O)[C@@H]2O. The Hall–Kier alpha value is -0.500. The van der Waals surface area contributed by atoms with Crippen molar-refractivity contribution in [2.75, 3.05) is 7.11 Å². The molecule has 0 saturated heterocycles. The summed E-state index contributed by atoms with van der Waals surface area (Å²) >= 11 is 0. The first-order valence-corrected chi connectivity index (χ1v) is 6.64. The quantitative estimate of drug-likeness (QED) is 0.508. The van der Waals surface area contributed by atoms with Crippen LogP contribution >= 0.6 is 0 Å². The van der Waals surface area contributed by atoms with Crippen molar-refractivity contribution in [3.05, 3.63) is 11.1 Å². The van der Waals surface area contributed by atoms with E-state index >= 15 is 0 Å². The van der Waals surface area contributed by atoms with E-state index in [-0.39, 0.29) is 6.10 Å². The molecule has 0 spiro atoms. The van der Waals surface area contributed by atoms with Crippen LogP contribution in [-0.2, 0) is 9.47 Å². The van der Waals surface area contributed by atoms with Gasteiger partial charge < -0.3 is 29.9 Å². The molecule has 0 radical (unpaired) electrons. The van der Waals surface area contributed by atoms with Gasteiger partial charge >= 0.3 is 0 Å². The van der Waals surface area contributed by atoms with Crippen molar-refractivity contribution in [2.24, 2.45) is 0 Å². The third-order valence-corrected chi connectivity index (χ3v) is 3.89. The molecule has 0 aromatic carbocycles. The molecule has 6 heteroatoms. The van der Waals surface area contributed by atoms with Crippen LogP contribution < -0.4 is 0 Å². The maximum absolute atomic E-state index is 10.1. The number of rotatable bonds is 3. The van der Waals surface area contributed by atoms with E-state index in [4.69, 9.17) is 9.47 Å². The standard InChI is InChI=1S/C13H22O6/c1-3-4-6-5-7-8(13(18-2)19-6)10(15)12(17)11(16)9(7)14/h6,9-17H,3-5H2,1-2H3/t6-,9-,10+,11-,12+,13-/m1/s1.